The molecule has 0 aromatic heterocycles. The van der Waals surface area contributed by atoms with Crippen LogP contribution in [-0.2, 0) is 0 Å². The van der Waals surface area contributed by atoms with Gasteiger partial charge in [-0.15, -0.1) is 0 Å². The van der Waals surface area contributed by atoms with Gasteiger partial charge in [-0.1, -0.05) is 0 Å². The zero-order valence-corrected chi connectivity index (χ0v) is 5.48. The van der Waals surface area contributed by atoms with E-state index in [1.165, 1.54) is 0 Å². The van der Waals surface area contributed by atoms with E-state index in [4.69, 9.17) is 15.0 Å². The molecule has 34 valence electrons. The summed E-state index contributed by atoms with van der Waals surface area (Å²) in [4.78, 5) is 8.56. The average Bonchev–Trinajstić information content (AvgIpc) is 0.811. The first-order valence-corrected chi connectivity index (χ1v) is 0.651. The molecule has 6 heavy (non-hydrogen) atoms. The first-order chi connectivity index (χ1) is 1.73. The van der Waals surface area contributed by atoms with Gasteiger partial charge in [0.1, 0.15) is 0 Å². The first-order valence-electron chi connectivity index (χ1n) is 0.651. The first kappa shape index (κ1) is 15.7. The Morgan fingerprint density at radius 2 is 1.33 bits per heavy atom. The van der Waals surface area contributed by atoms with E-state index in [9.17, 15) is 0 Å². The zero-order valence-electron chi connectivity index (χ0n) is 2.51. The van der Waals surface area contributed by atoms with Crippen LogP contribution in [0.4, 0.5) is 4.79 Å². The maximum atomic E-state index is 8.56. The van der Waals surface area contributed by atoms with Gasteiger partial charge in [0.2, 0.25) is 0 Å². The molecule has 0 aliphatic rings. The van der Waals surface area contributed by atoms with Gasteiger partial charge >= 0.3 is 75.5 Å². The summed E-state index contributed by atoms with van der Waals surface area (Å²) in [6.45, 7) is 0. The van der Waals surface area contributed by atoms with Gasteiger partial charge in [0.15, 0.2) is 0 Å². The summed E-state index contributed by atoms with van der Waals surface area (Å²) in [6.07, 6.45) is -1.83. The molecule has 0 bridgehead atoms. The van der Waals surface area contributed by atoms with Crippen LogP contribution in [0.5, 0.6) is 0 Å². The Morgan fingerprint density at radius 1 is 1.33 bits per heavy atom. The van der Waals surface area contributed by atoms with Crippen LogP contribution in [0.25, 0.3) is 0 Å². The van der Waals surface area contributed by atoms with Crippen molar-refractivity contribution in [2.75, 3.05) is 0 Å². The van der Waals surface area contributed by atoms with E-state index in [-0.39, 0.29) is 69.3 Å². The number of hydrogen-bond donors (Lipinski definition) is 2. The van der Waals surface area contributed by atoms with E-state index in [2.05, 4.69) is 0 Å². The molecule has 0 heterocycles. The summed E-state index contributed by atoms with van der Waals surface area (Å²) < 4.78 is 0. The van der Waals surface area contributed by atoms with Gasteiger partial charge in [-0.05, 0) is 0 Å². The Hall–Kier alpha value is 1.46. The van der Waals surface area contributed by atoms with Crippen molar-refractivity contribution in [1.29, 1.82) is 0 Å². The molecule has 1 atom stereocenters. The Labute approximate surface area is 88.8 Å². The molecule has 5 heteroatoms. The quantitative estimate of drug-likeness (QED) is 0.441. The van der Waals surface area contributed by atoms with Crippen molar-refractivity contribution in [2.24, 2.45) is 0 Å². The van der Waals surface area contributed by atoms with Gasteiger partial charge in [-0.3, -0.25) is 0 Å². The van der Waals surface area contributed by atoms with Crippen molar-refractivity contribution < 1.29 is 15.0 Å². The molecular weight excluding hydrogens is 174 g/mol. The number of carbonyl (C=O) groups is 1. The predicted molar refractivity (Wildman–Crippen MR) is 27.7 cm³/mol. The summed E-state index contributed by atoms with van der Waals surface area (Å²) in [6, 6.07) is 0. The van der Waals surface area contributed by atoms with Crippen molar-refractivity contribution in [2.45, 2.75) is 0 Å². The molecule has 1 unspecified atom stereocenters. The molecule has 3 nitrogen and oxygen atoms in total. The molecule has 0 aromatic carbocycles. The minimum atomic E-state index is -1.83. The maximum absolute atomic E-state index is 8.56. The Bertz CT molecular complexity index is 33.8. The van der Waals surface area contributed by atoms with Crippen molar-refractivity contribution in [3.05, 3.63) is 0 Å². The van der Waals surface area contributed by atoms with Gasteiger partial charge in [0.05, 0.1) is 0 Å². The van der Waals surface area contributed by atoms with Crippen molar-refractivity contribution in [1.82, 2.24) is 0 Å². The molecule has 0 saturated heterocycles. The van der Waals surface area contributed by atoms with Crippen molar-refractivity contribution >= 4 is 75.5 Å². The molecule has 0 radical (unpaired) electrons. The third-order valence-corrected chi connectivity index (χ3v) is 0. The number of hydrogen-bond acceptors (Lipinski definition) is 1. The summed E-state index contributed by atoms with van der Waals surface area (Å²) in [5.41, 5.74) is 0. The second-order valence-electron chi connectivity index (χ2n) is 0.283. The van der Waals surface area contributed by atoms with E-state index in [1.54, 1.807) is 0 Å². The molecule has 0 amide bonds. The summed E-state index contributed by atoms with van der Waals surface area (Å²) in [7, 11) is 0. The molecule has 0 fully saturated rings. The summed E-state index contributed by atoms with van der Waals surface area (Å²) in [5.74, 6) is 0. The fourth-order valence-electron chi connectivity index (χ4n) is 0. The minimum absolute atomic E-state index is 0. The van der Waals surface area contributed by atoms with Crippen LogP contribution in [0, 0.1) is 0 Å². The zero-order chi connectivity index (χ0) is 3.58. The number of carboxylic acid groups (broad SMARTS) is 2. The third kappa shape index (κ3) is 50.8. The van der Waals surface area contributed by atoms with Gasteiger partial charge < -0.3 is 10.2 Å². The normalized spacial score (nSPS) is 4.00. The Morgan fingerprint density at radius 3 is 1.33 bits per heavy atom. The third-order valence-electron chi connectivity index (χ3n) is 0. The van der Waals surface area contributed by atoms with Gasteiger partial charge in [0, 0.05) is 0 Å². The monoisotopic (exact) mass is 180 g/mol. The molecule has 2 N–H and O–H groups in total. The molecular formula is CH6AsKO3. The predicted octanol–water partition coefficient (Wildman–Crippen LogP) is -1.61. The van der Waals surface area contributed by atoms with Crippen LogP contribution in [0.2, 0.25) is 0 Å². The molecule has 0 saturated carbocycles. The van der Waals surface area contributed by atoms with E-state index < -0.39 is 6.16 Å². The van der Waals surface area contributed by atoms with Crippen LogP contribution in [0.1, 0.15) is 0 Å². The summed E-state index contributed by atoms with van der Waals surface area (Å²) >= 11 is 0. The average molecular weight is 180 g/mol. The topological polar surface area (TPSA) is 57.5 Å². The van der Waals surface area contributed by atoms with Gasteiger partial charge in [0.25, 0.3) is 0 Å². The van der Waals surface area contributed by atoms with Crippen LogP contribution in [0.15, 0.2) is 0 Å². The fraction of sp³-hybridized carbons (Fsp3) is 0. The molecule has 0 rings (SSSR count). The summed E-state index contributed by atoms with van der Waals surface area (Å²) in [5, 5.41) is 13.9. The molecule has 0 aliphatic carbocycles. The SMILES string of the molecule is O=C(O)O.[AsH3].[KH]. The molecule has 0 aromatic rings. The van der Waals surface area contributed by atoms with Crippen molar-refractivity contribution in [3.63, 3.8) is 0 Å². The van der Waals surface area contributed by atoms with Crippen LogP contribution in [-0.4, -0.2) is 85.7 Å². The molecule has 0 aliphatic heterocycles. The Balaban J connectivity index is -0.0000000450. The van der Waals surface area contributed by atoms with E-state index in [0.717, 1.165) is 0 Å². The van der Waals surface area contributed by atoms with E-state index in [0.29, 0.717) is 0 Å². The van der Waals surface area contributed by atoms with Gasteiger partial charge in [-0.2, -0.15) is 0 Å². The standard InChI is InChI=1S/CH2O3.AsH3.K.H/c2-1(3)4;;;/h(H2,2,3,4);1H3;;. The second kappa shape index (κ2) is 9.69. The van der Waals surface area contributed by atoms with Crippen molar-refractivity contribution in [3.8, 4) is 0 Å². The van der Waals surface area contributed by atoms with E-state index >= 15 is 0 Å². The van der Waals surface area contributed by atoms with Gasteiger partial charge in [-0.25, -0.2) is 4.79 Å². The molecule has 0 spiro atoms. The Kier molecular flexibility index (Phi) is 25.3. The fourth-order valence-corrected chi connectivity index (χ4v) is 0. The van der Waals surface area contributed by atoms with Crippen LogP contribution >= 0.6 is 0 Å². The number of rotatable bonds is 0. The second-order valence-corrected chi connectivity index (χ2v) is 0.283. The van der Waals surface area contributed by atoms with E-state index in [1.807, 2.05) is 0 Å². The van der Waals surface area contributed by atoms with Crippen LogP contribution < -0.4 is 0 Å². The van der Waals surface area contributed by atoms with Crippen LogP contribution in [0.3, 0.4) is 0 Å².